The van der Waals surface area contributed by atoms with E-state index in [4.69, 9.17) is 53.6 Å². The summed E-state index contributed by atoms with van der Waals surface area (Å²) >= 11 is 1.60. The average Bonchev–Trinajstić information content (AvgIpc) is 2.70. The molecule has 0 amide bonds. The molecule has 31 heavy (non-hydrogen) atoms. The van der Waals surface area contributed by atoms with Crippen molar-refractivity contribution >= 4 is 35.6 Å². The maximum atomic E-state index is 10.1. The van der Waals surface area contributed by atoms with Crippen LogP contribution in [0.1, 0.15) is 20.3 Å². The predicted octanol–water partition coefficient (Wildman–Crippen LogP) is -3.01. The van der Waals surface area contributed by atoms with Gasteiger partial charge in [0.25, 0.3) is 0 Å². The van der Waals surface area contributed by atoms with Crippen LogP contribution in [0.4, 0.5) is 0 Å². The molecular formula is C16H36N4O10S. The molecule has 4 atom stereocenters. The molecule has 0 saturated carbocycles. The van der Waals surface area contributed by atoms with Crippen molar-refractivity contribution in [1.82, 2.24) is 0 Å². The lowest BCUT2D eigenvalue weighted by Crippen LogP contribution is -2.34. The second-order valence-electron chi connectivity index (χ2n) is 6.09. The number of carboxylic acids is 4. The van der Waals surface area contributed by atoms with Crippen molar-refractivity contribution in [2.45, 2.75) is 44.4 Å². The van der Waals surface area contributed by atoms with Crippen LogP contribution in [0, 0.1) is 5.92 Å². The van der Waals surface area contributed by atoms with Crippen LogP contribution in [0.3, 0.4) is 0 Å². The summed E-state index contributed by atoms with van der Waals surface area (Å²) in [7, 11) is 0. The van der Waals surface area contributed by atoms with Crippen LogP contribution in [-0.2, 0) is 19.2 Å². The molecule has 0 unspecified atom stereocenters. The summed E-state index contributed by atoms with van der Waals surface area (Å²) in [6.45, 7) is 2.54. The average molecular weight is 477 g/mol. The topological polar surface area (TPSA) is 294 Å². The number of rotatable bonds is 10. The Hall–Kier alpha value is -2.01. The van der Waals surface area contributed by atoms with Gasteiger partial charge in [0, 0.05) is 0 Å². The van der Waals surface area contributed by atoms with Gasteiger partial charge in [-0.25, -0.2) is 0 Å². The van der Waals surface area contributed by atoms with Crippen molar-refractivity contribution < 1.29 is 49.8 Å². The third-order valence-electron chi connectivity index (χ3n) is 2.98. The number of thioether (sulfide) groups is 1. The Bertz CT molecular complexity index is 491. The lowest BCUT2D eigenvalue weighted by Gasteiger charge is -2.07. The first-order chi connectivity index (χ1) is 14.1. The molecule has 0 saturated heterocycles. The van der Waals surface area contributed by atoms with Crippen molar-refractivity contribution in [2.24, 2.45) is 28.9 Å². The summed E-state index contributed by atoms with van der Waals surface area (Å²) in [5, 5.41) is 48.3. The van der Waals surface area contributed by atoms with Gasteiger partial charge in [-0.15, -0.1) is 0 Å². The van der Waals surface area contributed by atoms with Gasteiger partial charge in [0.2, 0.25) is 0 Å². The van der Waals surface area contributed by atoms with E-state index in [2.05, 4.69) is 0 Å². The third kappa shape index (κ3) is 28.0. The van der Waals surface area contributed by atoms with Gasteiger partial charge in [-0.1, -0.05) is 13.8 Å². The number of hydrogen-bond donors (Lipinski definition) is 10. The van der Waals surface area contributed by atoms with E-state index in [0.29, 0.717) is 6.42 Å². The molecule has 0 aliphatic rings. The minimum atomic E-state index is -1.18. The summed E-state index contributed by atoms with van der Waals surface area (Å²) in [5.41, 5.74) is 19.9. The zero-order chi connectivity index (χ0) is 25.7. The Morgan fingerprint density at radius 1 is 0.710 bits per heavy atom. The standard InChI is InChI=1S/C5H11NO2S.C5H11NO2.2C3H7NO3/c1-9-3-2-4(6)5(7)8;1-3(2)4(6)5(7)8;2*4-2(1-5)3(6)7/h4H,2-3,6H2,1H3,(H,7,8);3-4H,6H2,1-2H3,(H,7,8);2*2,5H,1,4H2,(H,6,7)/t2*4-;2*2-/m0000/s1. The Morgan fingerprint density at radius 3 is 1.13 bits per heavy atom. The molecule has 0 aromatic rings. The Labute approximate surface area is 184 Å². The van der Waals surface area contributed by atoms with Gasteiger partial charge in [0.1, 0.15) is 24.2 Å². The lowest BCUT2D eigenvalue weighted by molar-refractivity contribution is -0.140. The molecule has 0 fully saturated rings. The summed E-state index contributed by atoms with van der Waals surface area (Å²) in [6.07, 6.45) is 2.48. The van der Waals surface area contributed by atoms with E-state index in [1.165, 1.54) is 0 Å². The summed E-state index contributed by atoms with van der Waals surface area (Å²) < 4.78 is 0. The highest BCUT2D eigenvalue weighted by Gasteiger charge is 2.14. The van der Waals surface area contributed by atoms with Crippen LogP contribution < -0.4 is 22.9 Å². The molecule has 0 aromatic heterocycles. The van der Waals surface area contributed by atoms with Gasteiger partial charge >= 0.3 is 23.9 Å². The second kappa shape index (κ2) is 22.7. The first-order valence-corrected chi connectivity index (χ1v) is 10.1. The highest BCUT2D eigenvalue weighted by atomic mass is 32.2. The van der Waals surface area contributed by atoms with Gasteiger partial charge in [0.05, 0.1) is 13.2 Å². The maximum absolute atomic E-state index is 10.1. The third-order valence-corrected chi connectivity index (χ3v) is 3.63. The number of aliphatic carboxylic acids is 4. The van der Waals surface area contributed by atoms with E-state index in [9.17, 15) is 19.2 Å². The van der Waals surface area contributed by atoms with Crippen molar-refractivity contribution in [2.75, 3.05) is 25.2 Å². The van der Waals surface area contributed by atoms with Crippen molar-refractivity contribution in [3.05, 3.63) is 0 Å². The maximum Gasteiger partial charge on any atom is 0.322 e. The number of carboxylic acid groups (broad SMARTS) is 4. The fraction of sp³-hybridized carbons (Fsp3) is 0.750. The highest BCUT2D eigenvalue weighted by molar-refractivity contribution is 7.98. The van der Waals surface area contributed by atoms with Crippen LogP contribution in [0.25, 0.3) is 0 Å². The van der Waals surface area contributed by atoms with Gasteiger partial charge in [0.15, 0.2) is 0 Å². The van der Waals surface area contributed by atoms with Crippen LogP contribution in [0.2, 0.25) is 0 Å². The number of aliphatic hydroxyl groups is 2. The summed E-state index contributed by atoms with van der Waals surface area (Å²) in [6, 6.07) is -3.65. The molecule has 0 aromatic carbocycles. The van der Waals surface area contributed by atoms with Crippen LogP contribution >= 0.6 is 11.8 Å². The molecule has 0 aliphatic heterocycles. The normalized spacial score (nSPS) is 13.5. The van der Waals surface area contributed by atoms with Crippen LogP contribution in [-0.4, -0.2) is 104 Å². The summed E-state index contributed by atoms with van der Waals surface area (Å²) in [5.74, 6) is -3.37. The summed E-state index contributed by atoms with van der Waals surface area (Å²) in [4.78, 5) is 39.4. The van der Waals surface area contributed by atoms with E-state index in [0.717, 1.165) is 5.75 Å². The zero-order valence-electron chi connectivity index (χ0n) is 17.7. The monoisotopic (exact) mass is 476 g/mol. The molecule has 0 radical (unpaired) electrons. The van der Waals surface area contributed by atoms with Crippen molar-refractivity contribution in [3.63, 3.8) is 0 Å². The van der Waals surface area contributed by atoms with Gasteiger partial charge in [-0.3, -0.25) is 19.2 Å². The molecule has 15 heteroatoms. The predicted molar refractivity (Wildman–Crippen MR) is 114 cm³/mol. The second-order valence-corrected chi connectivity index (χ2v) is 7.07. The minimum Gasteiger partial charge on any atom is -0.480 e. The van der Waals surface area contributed by atoms with Crippen molar-refractivity contribution in [1.29, 1.82) is 0 Å². The quantitative estimate of drug-likeness (QED) is 0.150. The molecule has 14 N–H and O–H groups in total. The first-order valence-electron chi connectivity index (χ1n) is 8.74. The van der Waals surface area contributed by atoms with Gasteiger partial charge in [-0.05, 0) is 24.3 Å². The Kier molecular flexibility index (Phi) is 26.6. The highest BCUT2D eigenvalue weighted by Crippen LogP contribution is 1.98. The lowest BCUT2D eigenvalue weighted by atomic mass is 10.1. The zero-order valence-corrected chi connectivity index (χ0v) is 18.6. The molecule has 186 valence electrons. The fourth-order valence-corrected chi connectivity index (χ4v) is 1.30. The number of carbonyl (C=O) groups is 4. The van der Waals surface area contributed by atoms with Crippen LogP contribution in [0.15, 0.2) is 0 Å². The molecule has 0 rings (SSSR count). The smallest absolute Gasteiger partial charge is 0.322 e. The molecule has 14 nitrogen and oxygen atoms in total. The molecule has 0 heterocycles. The van der Waals surface area contributed by atoms with Gasteiger partial charge in [-0.2, -0.15) is 11.8 Å². The Balaban J connectivity index is -0.000000158. The molecule has 0 spiro atoms. The molecule has 0 bridgehead atoms. The van der Waals surface area contributed by atoms with E-state index in [1.54, 1.807) is 25.6 Å². The van der Waals surface area contributed by atoms with E-state index < -0.39 is 61.3 Å². The first kappa shape index (κ1) is 36.4. The SMILES string of the molecule is CC(C)[C@H](N)C(=O)O.CSCC[C@H](N)C(=O)O.N[C@@H](CO)C(=O)O.N[C@@H](CO)C(=O)O. The number of hydrogen-bond acceptors (Lipinski definition) is 11. The fourth-order valence-electron chi connectivity index (χ4n) is 0.810. The van der Waals surface area contributed by atoms with E-state index in [-0.39, 0.29) is 5.92 Å². The molecule has 0 aliphatic carbocycles. The number of aliphatic hydroxyl groups excluding tert-OH is 2. The number of nitrogens with two attached hydrogens (primary N) is 4. The largest absolute Gasteiger partial charge is 0.480 e. The van der Waals surface area contributed by atoms with Crippen LogP contribution in [0.5, 0.6) is 0 Å². The van der Waals surface area contributed by atoms with Crippen molar-refractivity contribution in [3.8, 4) is 0 Å². The van der Waals surface area contributed by atoms with E-state index >= 15 is 0 Å². The molecular weight excluding hydrogens is 440 g/mol. The minimum absolute atomic E-state index is 0.0208. The Morgan fingerprint density at radius 2 is 1.03 bits per heavy atom. The van der Waals surface area contributed by atoms with Gasteiger partial charge < -0.3 is 53.6 Å². The van der Waals surface area contributed by atoms with E-state index in [1.807, 2.05) is 6.26 Å².